The first-order valence-electron chi connectivity index (χ1n) is 17.9. The number of ether oxygens (including phenoxy) is 1. The van der Waals surface area contributed by atoms with Crippen molar-refractivity contribution in [2.45, 2.75) is 83.2 Å². The van der Waals surface area contributed by atoms with E-state index in [1.165, 1.54) is 6.07 Å². The van der Waals surface area contributed by atoms with E-state index >= 15 is 4.39 Å². The fraction of sp³-hybridized carbons (Fsp3) is 0.514. The van der Waals surface area contributed by atoms with Crippen molar-refractivity contribution in [2.75, 3.05) is 49.6 Å². The van der Waals surface area contributed by atoms with Crippen molar-refractivity contribution in [1.29, 1.82) is 0 Å². The lowest BCUT2D eigenvalue weighted by Crippen LogP contribution is -2.43. The number of aromatic hydroxyl groups is 1. The number of fused-ring (bicyclic) bond motifs is 4. The van der Waals surface area contributed by atoms with Crippen LogP contribution in [0.1, 0.15) is 60.8 Å². The highest BCUT2D eigenvalue weighted by Gasteiger charge is 2.49. The largest absolute Gasteiger partial charge is 0.508 e. The third-order valence-corrected chi connectivity index (χ3v) is 11.1. The third-order valence-electron chi connectivity index (χ3n) is 11.1. The molecule has 4 aliphatic rings. The summed E-state index contributed by atoms with van der Waals surface area (Å²) in [5.74, 6) is 0.593. The molecule has 0 bridgehead atoms. The Balaban J connectivity index is 1.16. The molecule has 2 N–H and O–H groups in total. The van der Waals surface area contributed by atoms with E-state index in [0.29, 0.717) is 57.6 Å². The Kier molecular flexibility index (Phi) is 8.48. The summed E-state index contributed by atoms with van der Waals surface area (Å²) < 4.78 is 38.1. The Labute approximate surface area is 290 Å². The average molecular weight is 687 g/mol. The van der Waals surface area contributed by atoms with Gasteiger partial charge in [-0.15, -0.1) is 0 Å². The van der Waals surface area contributed by atoms with Crippen molar-refractivity contribution in [3.8, 4) is 11.8 Å². The van der Waals surface area contributed by atoms with Crippen LogP contribution in [0, 0.1) is 5.82 Å². The van der Waals surface area contributed by atoms with Crippen LogP contribution in [0.2, 0.25) is 0 Å². The highest BCUT2D eigenvalue weighted by atomic mass is 19.1. The number of alkyl halides is 1. The Morgan fingerprint density at radius 3 is 2.82 bits per heavy atom. The molecule has 11 nitrogen and oxygen atoms in total. The SMILES string of the molecule is CCc1c(F)ccc2cc(O)cc(N3CCc4c(nc(OC[C@@]56CCCN5C[C@H](F)C6)nc4N4CCCn5nc(CC(=O)NC)cc5C4)C3)c12. The van der Waals surface area contributed by atoms with E-state index in [0.717, 1.165) is 83.8 Å². The highest BCUT2D eigenvalue weighted by Crippen LogP contribution is 2.42. The molecule has 1 amide bonds. The summed E-state index contributed by atoms with van der Waals surface area (Å²) in [6.07, 6.45) is 3.70. The summed E-state index contributed by atoms with van der Waals surface area (Å²) in [5, 5.41) is 19.7. The van der Waals surface area contributed by atoms with Gasteiger partial charge in [0, 0.05) is 62.4 Å². The van der Waals surface area contributed by atoms with E-state index in [1.54, 1.807) is 25.2 Å². The topological polar surface area (TPSA) is 112 Å². The van der Waals surface area contributed by atoms with E-state index in [-0.39, 0.29) is 35.4 Å². The Morgan fingerprint density at radius 1 is 1.10 bits per heavy atom. The fourth-order valence-electron chi connectivity index (χ4n) is 8.68. The number of aromatic nitrogens is 4. The molecule has 0 saturated carbocycles. The van der Waals surface area contributed by atoms with E-state index in [2.05, 4.69) is 20.0 Å². The highest BCUT2D eigenvalue weighted by molar-refractivity contribution is 5.98. The molecular weight excluding hydrogens is 642 g/mol. The molecule has 8 rings (SSSR count). The zero-order chi connectivity index (χ0) is 34.6. The lowest BCUT2D eigenvalue weighted by Gasteiger charge is -2.35. The van der Waals surface area contributed by atoms with Crippen LogP contribution in [-0.2, 0) is 43.7 Å². The number of hydrogen-bond donors (Lipinski definition) is 2. The van der Waals surface area contributed by atoms with Crippen LogP contribution in [-0.4, -0.2) is 87.2 Å². The van der Waals surface area contributed by atoms with Gasteiger partial charge in [-0.05, 0) is 67.8 Å². The monoisotopic (exact) mass is 686 g/mol. The molecule has 2 aromatic heterocycles. The molecule has 0 radical (unpaired) electrons. The van der Waals surface area contributed by atoms with Gasteiger partial charge in [0.1, 0.15) is 30.2 Å². The summed E-state index contributed by atoms with van der Waals surface area (Å²) in [6, 6.07) is 8.86. The molecule has 4 aliphatic heterocycles. The summed E-state index contributed by atoms with van der Waals surface area (Å²) >= 11 is 0. The number of carbonyl (C=O) groups is 1. The number of phenolic OH excluding ortho intramolecular Hbond substituents is 1. The maximum absolute atomic E-state index is 15.1. The van der Waals surface area contributed by atoms with Crippen LogP contribution < -0.4 is 19.9 Å². The normalized spacial score (nSPS) is 22.0. The summed E-state index contributed by atoms with van der Waals surface area (Å²) in [4.78, 5) is 28.8. The zero-order valence-electron chi connectivity index (χ0n) is 28.7. The molecule has 6 heterocycles. The Bertz CT molecular complexity index is 1950. The number of halogens is 2. The maximum Gasteiger partial charge on any atom is 0.318 e. The van der Waals surface area contributed by atoms with Gasteiger partial charge < -0.3 is 25.0 Å². The molecule has 2 saturated heterocycles. The van der Waals surface area contributed by atoms with Crippen LogP contribution in [0.3, 0.4) is 0 Å². The maximum atomic E-state index is 15.1. The van der Waals surface area contributed by atoms with Crippen molar-refractivity contribution < 1.29 is 23.4 Å². The van der Waals surface area contributed by atoms with Gasteiger partial charge in [0.15, 0.2) is 0 Å². The number of likely N-dealkylation sites (N-methyl/N-ethyl adjacent to an activating group) is 1. The van der Waals surface area contributed by atoms with E-state index in [4.69, 9.17) is 19.8 Å². The van der Waals surface area contributed by atoms with Crippen molar-refractivity contribution in [1.82, 2.24) is 30.0 Å². The van der Waals surface area contributed by atoms with Gasteiger partial charge in [0.05, 0.1) is 42.1 Å². The van der Waals surface area contributed by atoms with Gasteiger partial charge in [-0.25, -0.2) is 8.78 Å². The standard InChI is InChI=1S/C37H44F2N8O3/c1-3-28-30(39)7-6-23-14-27(48)17-32(34(23)28)44-13-8-29-31(21-44)41-36(50-22-37-9-4-11-46(37)19-24(38)18-37)42-35(29)45-10-5-12-47-26(20-45)15-25(43-47)16-33(49)40-2/h6-7,14-15,17,24,48H,3-5,8-13,16,18-22H2,1-2H3,(H,40,49)/t24-,37+/m1/s1. The average Bonchev–Trinajstić information content (AvgIpc) is 3.72. The number of rotatable bonds is 8. The molecular formula is C37H44F2N8O3. The van der Waals surface area contributed by atoms with Gasteiger partial charge in [0.25, 0.3) is 0 Å². The molecule has 0 unspecified atom stereocenters. The molecule has 13 heteroatoms. The minimum atomic E-state index is -0.863. The second-order valence-corrected chi connectivity index (χ2v) is 14.2. The molecule has 0 aliphatic carbocycles. The number of phenols is 1. The van der Waals surface area contributed by atoms with Gasteiger partial charge >= 0.3 is 6.01 Å². The first-order valence-corrected chi connectivity index (χ1v) is 17.9. The second-order valence-electron chi connectivity index (χ2n) is 14.2. The smallest absolute Gasteiger partial charge is 0.318 e. The summed E-state index contributed by atoms with van der Waals surface area (Å²) in [5.41, 5.74) is 4.63. The predicted octanol–water partition coefficient (Wildman–Crippen LogP) is 4.45. The van der Waals surface area contributed by atoms with Gasteiger partial charge in [0.2, 0.25) is 5.91 Å². The second kappa shape index (κ2) is 13.0. The Morgan fingerprint density at radius 2 is 1.98 bits per heavy atom. The van der Waals surface area contributed by atoms with Gasteiger partial charge in [-0.2, -0.15) is 15.1 Å². The Hall–Kier alpha value is -4.52. The molecule has 2 fully saturated rings. The van der Waals surface area contributed by atoms with Crippen molar-refractivity contribution in [3.05, 3.63) is 64.4 Å². The lowest BCUT2D eigenvalue weighted by atomic mass is 9.95. The molecule has 2 atom stereocenters. The van der Waals surface area contributed by atoms with Crippen molar-refractivity contribution in [3.63, 3.8) is 0 Å². The lowest BCUT2D eigenvalue weighted by molar-refractivity contribution is -0.120. The van der Waals surface area contributed by atoms with Gasteiger partial charge in [-0.1, -0.05) is 13.0 Å². The molecule has 2 aromatic carbocycles. The molecule has 0 spiro atoms. The predicted molar refractivity (Wildman–Crippen MR) is 186 cm³/mol. The minimum absolute atomic E-state index is 0.0821. The quantitative estimate of drug-likeness (QED) is 0.278. The fourth-order valence-corrected chi connectivity index (χ4v) is 8.68. The minimum Gasteiger partial charge on any atom is -0.508 e. The number of nitrogens with zero attached hydrogens (tertiary/aromatic N) is 7. The molecule has 4 aromatic rings. The number of hydrogen-bond acceptors (Lipinski definition) is 9. The van der Waals surface area contributed by atoms with Crippen LogP contribution in [0.4, 0.5) is 20.3 Å². The number of anilines is 2. The van der Waals surface area contributed by atoms with E-state index in [9.17, 15) is 14.3 Å². The first-order chi connectivity index (χ1) is 24.2. The number of amides is 1. The number of nitrogens with one attached hydrogen (secondary N) is 1. The number of benzene rings is 2. The van der Waals surface area contributed by atoms with Crippen LogP contribution in [0.25, 0.3) is 10.8 Å². The summed E-state index contributed by atoms with van der Waals surface area (Å²) in [7, 11) is 1.63. The van der Waals surface area contributed by atoms with Crippen molar-refractivity contribution in [2.24, 2.45) is 0 Å². The summed E-state index contributed by atoms with van der Waals surface area (Å²) in [6.45, 7) is 6.66. The van der Waals surface area contributed by atoms with E-state index in [1.807, 2.05) is 17.7 Å². The van der Waals surface area contributed by atoms with Crippen LogP contribution in [0.5, 0.6) is 11.8 Å². The molecule has 50 heavy (non-hydrogen) atoms. The number of carbonyl (C=O) groups excluding carboxylic acids is 1. The van der Waals surface area contributed by atoms with E-state index < -0.39 is 6.17 Å². The van der Waals surface area contributed by atoms with Crippen molar-refractivity contribution >= 4 is 28.2 Å². The zero-order valence-corrected chi connectivity index (χ0v) is 28.7. The van der Waals surface area contributed by atoms with Crippen LogP contribution >= 0.6 is 0 Å². The third kappa shape index (κ3) is 5.88. The number of aryl methyl sites for hydroxylation is 2. The first kappa shape index (κ1) is 32.7. The molecule has 264 valence electrons. The van der Waals surface area contributed by atoms with Crippen LogP contribution in [0.15, 0.2) is 30.3 Å². The van der Waals surface area contributed by atoms with Gasteiger partial charge in [-0.3, -0.25) is 14.4 Å².